The van der Waals surface area contributed by atoms with E-state index in [1.165, 1.54) is 11.3 Å². The summed E-state index contributed by atoms with van der Waals surface area (Å²) >= 11 is 0. The fraction of sp³-hybridized carbons (Fsp3) is 0.571. The molecule has 28 heavy (non-hydrogen) atoms. The summed E-state index contributed by atoms with van der Waals surface area (Å²) in [6.07, 6.45) is 3.70. The zero-order valence-electron chi connectivity index (χ0n) is 18.0. The topological polar surface area (TPSA) is 76.4 Å². The highest BCUT2D eigenvalue weighted by Crippen LogP contribution is 2.14. The predicted molar refractivity (Wildman–Crippen MR) is 114 cm³/mol. The van der Waals surface area contributed by atoms with Gasteiger partial charge in [-0.3, -0.25) is 4.68 Å². The molecule has 0 amide bonds. The van der Waals surface area contributed by atoms with Crippen molar-refractivity contribution in [2.45, 2.75) is 60.0 Å². The molecule has 0 aliphatic rings. The van der Waals surface area contributed by atoms with Crippen molar-refractivity contribution in [3.8, 4) is 5.88 Å². The number of aromatic nitrogens is 3. The van der Waals surface area contributed by atoms with E-state index in [1.807, 2.05) is 30.1 Å². The lowest BCUT2D eigenvalue weighted by Crippen LogP contribution is -2.43. The number of nitrogens with zero attached hydrogens (tertiary/aromatic N) is 4. The van der Waals surface area contributed by atoms with Crippen molar-refractivity contribution in [1.29, 1.82) is 0 Å². The van der Waals surface area contributed by atoms with Gasteiger partial charge < -0.3 is 15.4 Å². The first-order valence-electron chi connectivity index (χ1n) is 10.1. The standard InChI is InChI=1S/C21H34N6O/c1-7-11-28-20-10-9-18(13-23-20)14-24-21(22-8-2)25-15(3)12-19-16(4)26-27(6)17(19)5/h9-10,13,15H,7-8,11-12,14H2,1-6H3,(H2,22,24,25). The first-order valence-corrected chi connectivity index (χ1v) is 10.1. The smallest absolute Gasteiger partial charge is 0.213 e. The van der Waals surface area contributed by atoms with Crippen LogP contribution in [0.1, 0.15) is 49.7 Å². The molecule has 0 aromatic carbocycles. The molecule has 0 spiro atoms. The molecule has 0 aliphatic heterocycles. The minimum absolute atomic E-state index is 0.238. The maximum atomic E-state index is 5.53. The third kappa shape index (κ3) is 6.25. The lowest BCUT2D eigenvalue weighted by atomic mass is 10.1. The van der Waals surface area contributed by atoms with Gasteiger partial charge in [-0.15, -0.1) is 0 Å². The van der Waals surface area contributed by atoms with Crippen LogP contribution < -0.4 is 15.4 Å². The number of guanidine groups is 1. The monoisotopic (exact) mass is 386 g/mol. The quantitative estimate of drug-likeness (QED) is 0.512. The van der Waals surface area contributed by atoms with Crippen molar-refractivity contribution in [2.75, 3.05) is 13.2 Å². The van der Waals surface area contributed by atoms with Crippen LogP contribution >= 0.6 is 0 Å². The number of pyridine rings is 1. The Labute approximate surface area is 168 Å². The van der Waals surface area contributed by atoms with Gasteiger partial charge in [-0.2, -0.15) is 5.10 Å². The zero-order valence-corrected chi connectivity index (χ0v) is 18.0. The normalized spacial score (nSPS) is 12.7. The van der Waals surface area contributed by atoms with Crippen LogP contribution in [0.3, 0.4) is 0 Å². The van der Waals surface area contributed by atoms with Gasteiger partial charge in [0.05, 0.1) is 18.8 Å². The molecular weight excluding hydrogens is 352 g/mol. The van der Waals surface area contributed by atoms with E-state index in [1.54, 1.807) is 0 Å². The van der Waals surface area contributed by atoms with E-state index in [0.29, 0.717) is 19.0 Å². The van der Waals surface area contributed by atoms with Gasteiger partial charge in [0.25, 0.3) is 0 Å². The highest BCUT2D eigenvalue weighted by atomic mass is 16.5. The molecule has 0 bridgehead atoms. The average Bonchev–Trinajstić information content (AvgIpc) is 2.91. The molecule has 1 unspecified atom stereocenters. The largest absolute Gasteiger partial charge is 0.478 e. The predicted octanol–water partition coefficient (Wildman–Crippen LogP) is 2.91. The van der Waals surface area contributed by atoms with E-state index in [9.17, 15) is 0 Å². The van der Waals surface area contributed by atoms with E-state index in [-0.39, 0.29) is 6.04 Å². The summed E-state index contributed by atoms with van der Waals surface area (Å²) in [6, 6.07) is 4.15. The van der Waals surface area contributed by atoms with Crippen molar-refractivity contribution < 1.29 is 4.74 Å². The molecule has 0 saturated carbocycles. The fourth-order valence-electron chi connectivity index (χ4n) is 2.99. The minimum atomic E-state index is 0.238. The summed E-state index contributed by atoms with van der Waals surface area (Å²) in [7, 11) is 1.99. The SMILES string of the molecule is CCCOc1ccc(CN=C(NCC)NC(C)Cc2c(C)nn(C)c2C)cn1. The Hall–Kier alpha value is -2.57. The first kappa shape index (κ1) is 21.7. The van der Waals surface area contributed by atoms with Gasteiger partial charge in [0.2, 0.25) is 5.88 Å². The molecule has 154 valence electrons. The summed E-state index contributed by atoms with van der Waals surface area (Å²) in [5, 5.41) is 11.3. The molecular formula is C21H34N6O. The van der Waals surface area contributed by atoms with Crippen LogP contribution in [0.2, 0.25) is 0 Å². The molecule has 0 fully saturated rings. The summed E-state index contributed by atoms with van der Waals surface area (Å²) < 4.78 is 7.47. The van der Waals surface area contributed by atoms with Gasteiger partial charge >= 0.3 is 0 Å². The lowest BCUT2D eigenvalue weighted by Gasteiger charge is -2.18. The molecule has 7 nitrogen and oxygen atoms in total. The van der Waals surface area contributed by atoms with Gasteiger partial charge in [0.1, 0.15) is 0 Å². The van der Waals surface area contributed by atoms with Crippen molar-refractivity contribution in [3.05, 3.63) is 40.8 Å². The Morgan fingerprint density at radius 2 is 2.07 bits per heavy atom. The van der Waals surface area contributed by atoms with E-state index in [0.717, 1.165) is 36.6 Å². The lowest BCUT2D eigenvalue weighted by molar-refractivity contribution is 0.305. The number of hydrogen-bond acceptors (Lipinski definition) is 4. The molecule has 0 saturated heterocycles. The van der Waals surface area contributed by atoms with Gasteiger partial charge in [0, 0.05) is 37.6 Å². The second kappa shape index (κ2) is 10.7. The second-order valence-corrected chi connectivity index (χ2v) is 7.07. The Balaban J connectivity index is 1.97. The van der Waals surface area contributed by atoms with Gasteiger partial charge in [-0.25, -0.2) is 9.98 Å². The molecule has 2 N–H and O–H groups in total. The Bertz CT molecular complexity index is 766. The summed E-state index contributed by atoms with van der Waals surface area (Å²) in [5.41, 5.74) is 4.65. The zero-order chi connectivity index (χ0) is 20.5. The van der Waals surface area contributed by atoms with Gasteiger partial charge in [0.15, 0.2) is 5.96 Å². The fourth-order valence-corrected chi connectivity index (χ4v) is 2.99. The van der Waals surface area contributed by atoms with E-state index < -0.39 is 0 Å². The van der Waals surface area contributed by atoms with Crippen molar-refractivity contribution in [2.24, 2.45) is 12.0 Å². The molecule has 2 aromatic heterocycles. The van der Waals surface area contributed by atoms with Crippen LogP contribution in [0.4, 0.5) is 0 Å². The highest BCUT2D eigenvalue weighted by Gasteiger charge is 2.14. The molecule has 1 atom stereocenters. The van der Waals surface area contributed by atoms with Crippen LogP contribution in [0.15, 0.2) is 23.3 Å². The Kier molecular flexibility index (Phi) is 8.29. The third-order valence-corrected chi connectivity index (χ3v) is 4.57. The Morgan fingerprint density at radius 3 is 2.64 bits per heavy atom. The average molecular weight is 387 g/mol. The highest BCUT2D eigenvalue weighted by molar-refractivity contribution is 5.80. The molecule has 2 rings (SSSR count). The van der Waals surface area contributed by atoms with Crippen LogP contribution in [0.25, 0.3) is 0 Å². The second-order valence-electron chi connectivity index (χ2n) is 7.07. The van der Waals surface area contributed by atoms with E-state index in [2.05, 4.69) is 55.3 Å². The van der Waals surface area contributed by atoms with Crippen LogP contribution in [-0.2, 0) is 20.0 Å². The summed E-state index contributed by atoms with van der Waals surface area (Å²) in [6.45, 7) is 12.6. The van der Waals surface area contributed by atoms with Gasteiger partial charge in [-0.1, -0.05) is 13.0 Å². The molecule has 2 aromatic rings. The molecule has 0 radical (unpaired) electrons. The van der Waals surface area contributed by atoms with Crippen molar-refractivity contribution >= 4 is 5.96 Å². The maximum Gasteiger partial charge on any atom is 0.213 e. The van der Waals surface area contributed by atoms with Crippen LogP contribution in [0, 0.1) is 13.8 Å². The van der Waals surface area contributed by atoms with Crippen LogP contribution in [-0.4, -0.2) is 39.9 Å². The molecule has 7 heteroatoms. The van der Waals surface area contributed by atoms with E-state index in [4.69, 9.17) is 9.73 Å². The number of hydrogen-bond donors (Lipinski definition) is 2. The number of rotatable bonds is 9. The van der Waals surface area contributed by atoms with Gasteiger partial charge in [-0.05, 0) is 51.7 Å². The number of aryl methyl sites for hydroxylation is 2. The number of aliphatic imine (C=N–C) groups is 1. The minimum Gasteiger partial charge on any atom is -0.478 e. The summed E-state index contributed by atoms with van der Waals surface area (Å²) in [4.78, 5) is 9.04. The molecule has 2 heterocycles. The summed E-state index contributed by atoms with van der Waals surface area (Å²) in [5.74, 6) is 1.47. The van der Waals surface area contributed by atoms with Crippen molar-refractivity contribution in [1.82, 2.24) is 25.4 Å². The molecule has 0 aliphatic carbocycles. The third-order valence-electron chi connectivity index (χ3n) is 4.57. The first-order chi connectivity index (χ1) is 13.4. The Morgan fingerprint density at radius 1 is 1.29 bits per heavy atom. The van der Waals surface area contributed by atoms with Crippen molar-refractivity contribution in [3.63, 3.8) is 0 Å². The number of ether oxygens (including phenoxy) is 1. The number of nitrogens with one attached hydrogen (secondary N) is 2. The van der Waals surface area contributed by atoms with Crippen LogP contribution in [0.5, 0.6) is 5.88 Å². The maximum absolute atomic E-state index is 5.53. The van der Waals surface area contributed by atoms with E-state index >= 15 is 0 Å².